The van der Waals surface area contributed by atoms with E-state index in [0.29, 0.717) is 18.2 Å². The van der Waals surface area contributed by atoms with Crippen LogP contribution >= 0.6 is 0 Å². The lowest BCUT2D eigenvalue weighted by Crippen LogP contribution is -2.37. The first-order valence-corrected chi connectivity index (χ1v) is 6.66. The molecule has 3 N–H and O–H groups in total. The summed E-state index contributed by atoms with van der Waals surface area (Å²) in [6.07, 6.45) is 6.68. The van der Waals surface area contributed by atoms with Gasteiger partial charge < -0.3 is 11.1 Å². The Balaban J connectivity index is 1.93. The lowest BCUT2D eigenvalue weighted by atomic mass is 10.00. The first-order valence-electron chi connectivity index (χ1n) is 6.66. The number of rotatable bonds is 4. The topological polar surface area (TPSA) is 68.0 Å². The van der Waals surface area contributed by atoms with Gasteiger partial charge >= 0.3 is 0 Å². The van der Waals surface area contributed by atoms with Crippen molar-refractivity contribution in [3.63, 3.8) is 0 Å². The number of pyridine rings is 1. The number of aromatic nitrogens is 1. The Kier molecular flexibility index (Phi) is 4.31. The van der Waals surface area contributed by atoms with Crippen molar-refractivity contribution in [1.29, 1.82) is 0 Å². The van der Waals surface area contributed by atoms with Crippen molar-refractivity contribution in [3.8, 4) is 0 Å². The molecule has 1 fully saturated rings. The average Bonchev–Trinajstić information content (AvgIpc) is 2.92. The van der Waals surface area contributed by atoms with E-state index in [0.717, 1.165) is 5.56 Å². The highest BCUT2D eigenvalue weighted by molar-refractivity contribution is 5.92. The van der Waals surface area contributed by atoms with Gasteiger partial charge in [-0.2, -0.15) is 0 Å². The zero-order valence-electron chi connectivity index (χ0n) is 10.9. The predicted octanol–water partition coefficient (Wildman–Crippen LogP) is 1.85. The van der Waals surface area contributed by atoms with E-state index < -0.39 is 0 Å². The van der Waals surface area contributed by atoms with Gasteiger partial charge in [0.2, 0.25) is 0 Å². The van der Waals surface area contributed by atoms with Crippen LogP contribution in [0.25, 0.3) is 0 Å². The van der Waals surface area contributed by atoms with Crippen LogP contribution in [0.4, 0.5) is 0 Å². The maximum Gasteiger partial charge on any atom is 0.270 e. The predicted molar refractivity (Wildman–Crippen MR) is 71.0 cm³/mol. The monoisotopic (exact) mass is 247 g/mol. The summed E-state index contributed by atoms with van der Waals surface area (Å²) in [5, 5.41) is 3.04. The third kappa shape index (κ3) is 3.07. The Labute approximate surface area is 108 Å². The molecule has 1 aliphatic rings. The van der Waals surface area contributed by atoms with Crippen molar-refractivity contribution in [3.05, 3.63) is 29.6 Å². The fourth-order valence-electron chi connectivity index (χ4n) is 2.54. The second-order valence-electron chi connectivity index (χ2n) is 5.06. The van der Waals surface area contributed by atoms with E-state index >= 15 is 0 Å². The Morgan fingerprint density at radius 1 is 1.50 bits per heavy atom. The highest BCUT2D eigenvalue weighted by Gasteiger charge is 2.23. The molecule has 4 nitrogen and oxygen atoms in total. The van der Waals surface area contributed by atoms with Crippen molar-refractivity contribution in [2.45, 2.75) is 45.2 Å². The van der Waals surface area contributed by atoms with Gasteiger partial charge in [-0.15, -0.1) is 0 Å². The molecule has 1 aromatic heterocycles. The smallest absolute Gasteiger partial charge is 0.270 e. The van der Waals surface area contributed by atoms with Crippen LogP contribution in [0.3, 0.4) is 0 Å². The zero-order chi connectivity index (χ0) is 13.0. The fraction of sp³-hybridized carbons (Fsp3) is 0.571. The quantitative estimate of drug-likeness (QED) is 0.853. The molecule has 1 atom stereocenters. The summed E-state index contributed by atoms with van der Waals surface area (Å²) in [4.78, 5) is 16.1. The van der Waals surface area contributed by atoms with E-state index in [-0.39, 0.29) is 11.9 Å². The lowest BCUT2D eigenvalue weighted by Gasteiger charge is -2.20. The number of nitrogens with zero attached hydrogens (tertiary/aromatic N) is 1. The van der Waals surface area contributed by atoms with E-state index in [2.05, 4.69) is 17.2 Å². The molecule has 0 bridgehead atoms. The standard InChI is InChI=1S/C14H21N3O/c1-10(12-4-2-3-5-12)17-14(18)13-7-6-11(8-15)9-16-13/h6-7,9-10,12H,2-5,8,15H2,1H3,(H,17,18). The molecule has 2 rings (SSSR count). The van der Waals surface area contributed by atoms with Crippen LogP contribution in [0.1, 0.15) is 48.7 Å². The van der Waals surface area contributed by atoms with Gasteiger partial charge in [0, 0.05) is 18.8 Å². The molecule has 4 heteroatoms. The van der Waals surface area contributed by atoms with Crippen molar-refractivity contribution >= 4 is 5.91 Å². The van der Waals surface area contributed by atoms with E-state index in [1.165, 1.54) is 25.7 Å². The van der Waals surface area contributed by atoms with Gasteiger partial charge in [-0.1, -0.05) is 18.9 Å². The van der Waals surface area contributed by atoms with Crippen LogP contribution in [-0.4, -0.2) is 16.9 Å². The summed E-state index contributed by atoms with van der Waals surface area (Å²) in [6.45, 7) is 2.54. The number of nitrogens with two attached hydrogens (primary N) is 1. The van der Waals surface area contributed by atoms with Gasteiger partial charge in [-0.25, -0.2) is 0 Å². The Morgan fingerprint density at radius 2 is 2.22 bits per heavy atom. The molecule has 1 amide bonds. The van der Waals surface area contributed by atoms with Crippen molar-refractivity contribution in [2.24, 2.45) is 11.7 Å². The summed E-state index contributed by atoms with van der Waals surface area (Å²) in [5.74, 6) is 0.537. The lowest BCUT2D eigenvalue weighted by molar-refractivity contribution is 0.0922. The van der Waals surface area contributed by atoms with E-state index in [1.807, 2.05) is 6.07 Å². The molecule has 0 aliphatic heterocycles. The molecule has 1 saturated carbocycles. The summed E-state index contributed by atoms with van der Waals surface area (Å²) >= 11 is 0. The minimum atomic E-state index is -0.0852. The van der Waals surface area contributed by atoms with Gasteiger partial charge in [-0.05, 0) is 37.3 Å². The molecule has 0 aromatic carbocycles. The summed E-state index contributed by atoms with van der Waals surface area (Å²) < 4.78 is 0. The summed E-state index contributed by atoms with van der Waals surface area (Å²) in [7, 11) is 0. The molecule has 0 spiro atoms. The molecule has 98 valence electrons. The first kappa shape index (κ1) is 13.0. The number of nitrogens with one attached hydrogen (secondary N) is 1. The SMILES string of the molecule is CC(NC(=O)c1ccc(CN)cn1)C1CCCC1. The second kappa shape index (κ2) is 5.96. The summed E-state index contributed by atoms with van der Waals surface area (Å²) in [5.41, 5.74) is 6.91. The molecular weight excluding hydrogens is 226 g/mol. The third-order valence-corrected chi connectivity index (χ3v) is 3.76. The molecule has 1 unspecified atom stereocenters. The normalized spacial score (nSPS) is 17.7. The fourth-order valence-corrected chi connectivity index (χ4v) is 2.54. The zero-order valence-corrected chi connectivity index (χ0v) is 10.9. The van der Waals surface area contributed by atoms with Crippen LogP contribution in [0.5, 0.6) is 0 Å². The van der Waals surface area contributed by atoms with Crippen molar-refractivity contribution in [1.82, 2.24) is 10.3 Å². The molecule has 0 radical (unpaired) electrons. The number of amides is 1. The highest BCUT2D eigenvalue weighted by Crippen LogP contribution is 2.27. The minimum Gasteiger partial charge on any atom is -0.348 e. The van der Waals surface area contributed by atoms with E-state index in [1.54, 1.807) is 12.3 Å². The van der Waals surface area contributed by atoms with Crippen LogP contribution in [-0.2, 0) is 6.54 Å². The molecular formula is C14H21N3O. The minimum absolute atomic E-state index is 0.0852. The first-order chi connectivity index (χ1) is 8.70. The van der Waals surface area contributed by atoms with E-state index in [9.17, 15) is 4.79 Å². The molecule has 1 aliphatic carbocycles. The molecule has 18 heavy (non-hydrogen) atoms. The number of carbonyl (C=O) groups excluding carboxylic acids is 1. The van der Waals surface area contributed by atoms with Gasteiger partial charge in [0.25, 0.3) is 5.91 Å². The highest BCUT2D eigenvalue weighted by atomic mass is 16.1. The number of hydrogen-bond acceptors (Lipinski definition) is 3. The molecule has 1 heterocycles. The molecule has 1 aromatic rings. The Bertz CT molecular complexity index is 396. The maximum absolute atomic E-state index is 12.0. The van der Waals surface area contributed by atoms with Gasteiger partial charge in [-0.3, -0.25) is 9.78 Å². The maximum atomic E-state index is 12.0. The Morgan fingerprint density at radius 3 is 2.78 bits per heavy atom. The summed E-state index contributed by atoms with van der Waals surface area (Å²) in [6, 6.07) is 3.82. The van der Waals surface area contributed by atoms with Crippen molar-refractivity contribution < 1.29 is 4.79 Å². The van der Waals surface area contributed by atoms with Crippen LogP contribution in [0.15, 0.2) is 18.3 Å². The van der Waals surface area contributed by atoms with E-state index in [4.69, 9.17) is 5.73 Å². The third-order valence-electron chi connectivity index (χ3n) is 3.76. The largest absolute Gasteiger partial charge is 0.348 e. The van der Waals surface area contributed by atoms with Crippen LogP contribution < -0.4 is 11.1 Å². The van der Waals surface area contributed by atoms with Gasteiger partial charge in [0.05, 0.1) is 0 Å². The Hall–Kier alpha value is -1.42. The van der Waals surface area contributed by atoms with Crippen molar-refractivity contribution in [2.75, 3.05) is 0 Å². The second-order valence-corrected chi connectivity index (χ2v) is 5.06. The van der Waals surface area contributed by atoms with Gasteiger partial charge in [0.1, 0.15) is 5.69 Å². The van der Waals surface area contributed by atoms with Crippen LogP contribution in [0.2, 0.25) is 0 Å². The van der Waals surface area contributed by atoms with Crippen LogP contribution in [0, 0.1) is 5.92 Å². The number of hydrogen-bond donors (Lipinski definition) is 2. The molecule has 0 saturated heterocycles. The average molecular weight is 247 g/mol. The number of carbonyl (C=O) groups is 1. The van der Waals surface area contributed by atoms with Gasteiger partial charge in [0.15, 0.2) is 0 Å².